The van der Waals surface area contributed by atoms with E-state index in [1.165, 1.54) is 34.7 Å². The van der Waals surface area contributed by atoms with Gasteiger partial charge < -0.3 is 10.3 Å². The molecular weight excluding hydrogens is 432 g/mol. The molecule has 1 aromatic heterocycles. The number of aromatic nitrogens is 1. The van der Waals surface area contributed by atoms with Crippen LogP contribution in [0.2, 0.25) is 0 Å². The molecule has 4 rings (SSSR count). The first kappa shape index (κ1) is 15.7. The number of anilines is 1. The van der Waals surface area contributed by atoms with E-state index in [0.29, 0.717) is 22.5 Å². The summed E-state index contributed by atoms with van der Waals surface area (Å²) in [5.74, 6) is -0.219. The number of benzene rings is 1. The number of aromatic amines is 1. The monoisotopic (exact) mass is 444 g/mol. The summed E-state index contributed by atoms with van der Waals surface area (Å²) in [6.45, 7) is 0. The summed E-state index contributed by atoms with van der Waals surface area (Å²) in [6, 6.07) is 7.29. The minimum Gasteiger partial charge on any atom is -0.355 e. The molecule has 1 amide bonds. The minimum absolute atomic E-state index is 0.0638. The highest BCUT2D eigenvalue weighted by Gasteiger charge is 2.53. The fraction of sp³-hybridized carbons (Fsp3) is 0.235. The molecule has 0 spiro atoms. The molecule has 0 bridgehead atoms. The van der Waals surface area contributed by atoms with Crippen molar-refractivity contribution in [1.29, 1.82) is 0 Å². The van der Waals surface area contributed by atoms with Gasteiger partial charge in [-0.2, -0.15) is 13.2 Å². The molecule has 1 aromatic carbocycles. The summed E-state index contributed by atoms with van der Waals surface area (Å²) in [5, 5.41) is 2.81. The minimum atomic E-state index is -4.35. The number of alkyl halides is 4. The molecule has 0 radical (unpaired) electrons. The number of para-hydroxylation sites is 1. The van der Waals surface area contributed by atoms with Crippen LogP contribution in [-0.4, -0.2) is 20.5 Å². The van der Waals surface area contributed by atoms with E-state index in [9.17, 15) is 18.0 Å². The number of halogens is 4. The van der Waals surface area contributed by atoms with E-state index in [1.807, 2.05) is 18.2 Å². The van der Waals surface area contributed by atoms with Crippen molar-refractivity contribution in [3.05, 3.63) is 47.2 Å². The fourth-order valence-corrected chi connectivity index (χ4v) is 3.82. The Morgan fingerprint density at radius 1 is 1.17 bits per heavy atom. The summed E-state index contributed by atoms with van der Waals surface area (Å²) in [7, 11) is 0. The molecule has 2 heterocycles. The number of carbonyl (C=O) groups excluding carboxylic acids is 1. The third-order valence-corrected chi connectivity index (χ3v) is 5.83. The summed E-state index contributed by atoms with van der Waals surface area (Å²) in [5.41, 5.74) is 4.07. The molecule has 2 N–H and O–H groups in total. The average Bonchev–Trinajstić information content (AvgIpc) is 2.77. The van der Waals surface area contributed by atoms with Crippen molar-refractivity contribution in [2.75, 3.05) is 5.32 Å². The molecule has 1 aliphatic heterocycles. The topological polar surface area (TPSA) is 44.9 Å². The van der Waals surface area contributed by atoms with Crippen LogP contribution in [0.1, 0.15) is 16.8 Å². The molecule has 2 aromatic rings. The van der Waals surface area contributed by atoms with Crippen molar-refractivity contribution in [2.45, 2.75) is 22.4 Å². The number of allylic oxidation sites excluding steroid dienone is 1. The zero-order valence-electron chi connectivity index (χ0n) is 12.3. The molecule has 0 saturated heterocycles. The van der Waals surface area contributed by atoms with Crippen LogP contribution in [0.4, 0.5) is 18.9 Å². The third kappa shape index (κ3) is 2.28. The van der Waals surface area contributed by atoms with E-state index in [1.54, 1.807) is 6.07 Å². The number of hydrogen-bond acceptors (Lipinski definition) is 1. The van der Waals surface area contributed by atoms with Gasteiger partial charge in [0, 0.05) is 17.7 Å². The van der Waals surface area contributed by atoms with Crippen LogP contribution in [0.5, 0.6) is 0 Å². The van der Waals surface area contributed by atoms with Gasteiger partial charge in [0.25, 0.3) is 0 Å². The van der Waals surface area contributed by atoms with E-state index in [0.717, 1.165) is 11.3 Å². The number of hydrogen-bond donors (Lipinski definition) is 2. The Morgan fingerprint density at radius 3 is 2.67 bits per heavy atom. The first-order valence-electron chi connectivity index (χ1n) is 7.36. The van der Waals surface area contributed by atoms with Gasteiger partial charge in [0.05, 0.1) is 17.8 Å². The van der Waals surface area contributed by atoms with E-state index in [4.69, 9.17) is 0 Å². The van der Waals surface area contributed by atoms with Crippen LogP contribution in [0, 0.1) is 0 Å². The van der Waals surface area contributed by atoms with Crippen LogP contribution < -0.4 is 5.32 Å². The number of fused-ring (bicyclic) bond motifs is 5. The summed E-state index contributed by atoms with van der Waals surface area (Å²) < 4.78 is 38.3. The van der Waals surface area contributed by atoms with Crippen molar-refractivity contribution < 1.29 is 18.0 Å². The Hall–Kier alpha value is -1.77. The van der Waals surface area contributed by atoms with Gasteiger partial charge in [-0.05, 0) is 23.3 Å². The highest BCUT2D eigenvalue weighted by Crippen LogP contribution is 2.48. The number of H-pyrrole nitrogens is 1. The molecule has 7 heteroatoms. The lowest BCUT2D eigenvalue weighted by Gasteiger charge is -2.30. The second-order valence-corrected chi connectivity index (χ2v) is 7.94. The second kappa shape index (κ2) is 5.11. The molecule has 2 aliphatic rings. The van der Waals surface area contributed by atoms with Gasteiger partial charge in [-0.25, -0.2) is 0 Å². The van der Waals surface area contributed by atoms with Crippen LogP contribution in [0.3, 0.4) is 0 Å². The quantitative estimate of drug-likeness (QED) is 0.457. The zero-order chi connectivity index (χ0) is 17.1. The van der Waals surface area contributed by atoms with Gasteiger partial charge in [0.2, 0.25) is 5.91 Å². The lowest BCUT2D eigenvalue weighted by molar-refractivity contribution is -0.142. The van der Waals surface area contributed by atoms with Gasteiger partial charge in [-0.1, -0.05) is 46.9 Å². The Morgan fingerprint density at radius 2 is 1.92 bits per heavy atom. The highest BCUT2D eigenvalue weighted by atomic mass is 127. The molecule has 1 unspecified atom stereocenters. The van der Waals surface area contributed by atoms with Gasteiger partial charge in [0.1, 0.15) is 3.42 Å². The first-order valence-corrected chi connectivity index (χ1v) is 8.44. The third-order valence-electron chi connectivity index (χ3n) is 4.48. The first-order chi connectivity index (χ1) is 11.3. The zero-order valence-corrected chi connectivity index (χ0v) is 14.5. The number of nitrogens with one attached hydrogen (secondary N) is 2. The summed E-state index contributed by atoms with van der Waals surface area (Å²) in [4.78, 5) is 15.4. The molecule has 0 saturated carbocycles. The highest BCUT2D eigenvalue weighted by molar-refractivity contribution is 14.1. The van der Waals surface area contributed by atoms with Gasteiger partial charge in [-0.3, -0.25) is 4.79 Å². The molecule has 1 atom stereocenters. The van der Waals surface area contributed by atoms with E-state index >= 15 is 0 Å². The number of carbonyl (C=O) groups is 1. The van der Waals surface area contributed by atoms with Crippen LogP contribution in [0.15, 0.2) is 30.3 Å². The van der Waals surface area contributed by atoms with Crippen molar-refractivity contribution in [1.82, 2.24) is 4.98 Å². The molecule has 1 aliphatic carbocycles. The maximum atomic E-state index is 13.4. The van der Waals surface area contributed by atoms with Crippen LogP contribution >= 0.6 is 22.6 Å². The summed E-state index contributed by atoms with van der Waals surface area (Å²) >= 11 is 1.45. The summed E-state index contributed by atoms with van der Waals surface area (Å²) in [6.07, 6.45) is -1.79. The second-order valence-electron chi connectivity index (χ2n) is 6.01. The molecule has 24 heavy (non-hydrogen) atoms. The standard InChI is InChI=1S/C17H12F3IN2O/c18-17(19,20)16(21)6-5-13-11(8-16)10-7-14(24)22-12-4-2-1-3-9(12)15(10)23-13/h1-6,23H,7-8H2,(H,22,24). The van der Waals surface area contributed by atoms with Gasteiger partial charge in [0.15, 0.2) is 0 Å². The van der Waals surface area contributed by atoms with Crippen molar-refractivity contribution in [3.63, 3.8) is 0 Å². The lowest BCUT2D eigenvalue weighted by atomic mass is 9.89. The lowest BCUT2D eigenvalue weighted by Crippen LogP contribution is -2.40. The molecule has 0 fully saturated rings. The molecule has 124 valence electrons. The van der Waals surface area contributed by atoms with Gasteiger partial charge >= 0.3 is 6.18 Å². The Bertz CT molecular complexity index is 884. The number of amides is 1. The molecule has 3 nitrogen and oxygen atoms in total. The number of rotatable bonds is 0. The Kier molecular flexibility index (Phi) is 3.35. The van der Waals surface area contributed by atoms with Crippen molar-refractivity contribution in [3.8, 4) is 11.3 Å². The van der Waals surface area contributed by atoms with E-state index in [2.05, 4.69) is 10.3 Å². The van der Waals surface area contributed by atoms with Crippen molar-refractivity contribution >= 4 is 40.3 Å². The predicted octanol–water partition coefficient (Wildman–Crippen LogP) is 4.48. The fourth-order valence-electron chi connectivity index (χ4n) is 3.26. The van der Waals surface area contributed by atoms with E-state index < -0.39 is 9.60 Å². The Balaban J connectivity index is 1.90. The normalized spacial score (nSPS) is 22.2. The van der Waals surface area contributed by atoms with Crippen LogP contribution in [-0.2, 0) is 17.6 Å². The maximum Gasteiger partial charge on any atom is 0.406 e. The van der Waals surface area contributed by atoms with Crippen LogP contribution in [0.25, 0.3) is 17.3 Å². The van der Waals surface area contributed by atoms with Crippen molar-refractivity contribution in [2.24, 2.45) is 0 Å². The van der Waals surface area contributed by atoms with Gasteiger partial charge in [-0.15, -0.1) is 0 Å². The maximum absolute atomic E-state index is 13.4. The van der Waals surface area contributed by atoms with E-state index in [-0.39, 0.29) is 18.7 Å². The SMILES string of the molecule is O=C1Cc2c([nH]c3c2CC(I)(C(F)(F)F)C=C3)-c2ccccc2N1. The Labute approximate surface area is 149 Å². The average molecular weight is 444 g/mol. The smallest absolute Gasteiger partial charge is 0.355 e. The predicted molar refractivity (Wildman–Crippen MR) is 94.1 cm³/mol. The largest absolute Gasteiger partial charge is 0.406 e. The molecular formula is C17H12F3IN2O.